The van der Waals surface area contributed by atoms with Crippen LogP contribution in [0, 0.1) is 0 Å². The summed E-state index contributed by atoms with van der Waals surface area (Å²) < 4.78 is 9.53. The number of aliphatic hydroxyl groups excluding tert-OH is 3. The van der Waals surface area contributed by atoms with Gasteiger partial charge in [-0.1, -0.05) is 0 Å². The van der Waals surface area contributed by atoms with Gasteiger partial charge in [0.05, 0.1) is 39.1 Å². The molecule has 5 heteroatoms. The molecular formula is C8H20O5. The molecule has 0 aliphatic rings. The lowest BCUT2D eigenvalue weighted by molar-refractivity contribution is 0.0500. The molecule has 0 aliphatic carbocycles. The average Bonchev–Trinajstić information content (AvgIpc) is 2.14. The van der Waals surface area contributed by atoms with E-state index >= 15 is 0 Å². The van der Waals surface area contributed by atoms with Crippen LogP contribution >= 0.6 is 0 Å². The number of methoxy groups -OCH3 is 1. The van der Waals surface area contributed by atoms with Gasteiger partial charge in [0.1, 0.15) is 0 Å². The van der Waals surface area contributed by atoms with E-state index in [1.54, 1.807) is 7.11 Å². The van der Waals surface area contributed by atoms with Crippen molar-refractivity contribution in [3.63, 3.8) is 0 Å². The van der Waals surface area contributed by atoms with Gasteiger partial charge in [-0.15, -0.1) is 0 Å². The molecule has 0 aromatic carbocycles. The molecular weight excluding hydrogens is 176 g/mol. The third-order valence-corrected chi connectivity index (χ3v) is 0.932. The average molecular weight is 196 g/mol. The molecule has 1 atom stereocenters. The van der Waals surface area contributed by atoms with Crippen LogP contribution < -0.4 is 0 Å². The second kappa shape index (κ2) is 14.3. The predicted octanol–water partition coefficient (Wildman–Crippen LogP) is -0.999. The maximum atomic E-state index is 8.20. The first-order chi connectivity index (χ1) is 6.18. The van der Waals surface area contributed by atoms with Gasteiger partial charge in [-0.05, 0) is 6.92 Å². The summed E-state index contributed by atoms with van der Waals surface area (Å²) >= 11 is 0. The lowest BCUT2D eigenvalue weighted by Gasteiger charge is -1.98. The van der Waals surface area contributed by atoms with Crippen molar-refractivity contribution >= 4 is 0 Å². The maximum absolute atomic E-state index is 8.20. The molecule has 13 heavy (non-hydrogen) atoms. The van der Waals surface area contributed by atoms with Crippen LogP contribution in [0.5, 0.6) is 0 Å². The SMILES string of the molecule is CC(O)CO.COCCOCCO. The zero-order valence-corrected chi connectivity index (χ0v) is 8.27. The summed E-state index contributed by atoms with van der Waals surface area (Å²) in [7, 11) is 1.61. The molecule has 0 saturated heterocycles. The predicted molar refractivity (Wildman–Crippen MR) is 48.5 cm³/mol. The molecule has 0 spiro atoms. The summed E-state index contributed by atoms with van der Waals surface area (Å²) in [5.41, 5.74) is 0. The van der Waals surface area contributed by atoms with Crippen molar-refractivity contribution in [1.29, 1.82) is 0 Å². The zero-order chi connectivity index (χ0) is 10.5. The van der Waals surface area contributed by atoms with Crippen molar-refractivity contribution in [3.05, 3.63) is 0 Å². The van der Waals surface area contributed by atoms with Crippen molar-refractivity contribution in [2.75, 3.05) is 40.1 Å². The Hall–Kier alpha value is -0.200. The molecule has 0 aliphatic heterocycles. The summed E-state index contributed by atoms with van der Waals surface area (Å²) in [4.78, 5) is 0. The van der Waals surface area contributed by atoms with Gasteiger partial charge in [0.15, 0.2) is 0 Å². The Morgan fingerprint density at radius 2 is 1.69 bits per heavy atom. The second-order valence-corrected chi connectivity index (χ2v) is 2.36. The first kappa shape index (κ1) is 15.3. The molecule has 5 nitrogen and oxygen atoms in total. The fourth-order valence-electron chi connectivity index (χ4n) is 0.309. The van der Waals surface area contributed by atoms with Crippen LogP contribution in [0.4, 0.5) is 0 Å². The van der Waals surface area contributed by atoms with Crippen LogP contribution in [0.25, 0.3) is 0 Å². The summed E-state index contributed by atoms with van der Waals surface area (Å²) in [5.74, 6) is 0. The molecule has 0 aromatic heterocycles. The molecule has 0 radical (unpaired) electrons. The quantitative estimate of drug-likeness (QED) is 0.475. The van der Waals surface area contributed by atoms with Crippen LogP contribution in [-0.2, 0) is 9.47 Å². The minimum absolute atomic E-state index is 0.0870. The fraction of sp³-hybridized carbons (Fsp3) is 1.00. The molecule has 1 unspecified atom stereocenters. The van der Waals surface area contributed by atoms with Gasteiger partial charge in [0.2, 0.25) is 0 Å². The van der Waals surface area contributed by atoms with Crippen molar-refractivity contribution in [2.24, 2.45) is 0 Å². The smallest absolute Gasteiger partial charge is 0.0742 e. The van der Waals surface area contributed by atoms with Crippen molar-refractivity contribution in [3.8, 4) is 0 Å². The van der Waals surface area contributed by atoms with Crippen molar-refractivity contribution < 1.29 is 24.8 Å². The topological polar surface area (TPSA) is 79.2 Å². The Morgan fingerprint density at radius 1 is 1.15 bits per heavy atom. The molecule has 0 amide bonds. The third-order valence-electron chi connectivity index (χ3n) is 0.932. The largest absolute Gasteiger partial charge is 0.394 e. The van der Waals surface area contributed by atoms with Crippen molar-refractivity contribution in [1.82, 2.24) is 0 Å². The van der Waals surface area contributed by atoms with E-state index in [1.807, 2.05) is 0 Å². The van der Waals surface area contributed by atoms with E-state index in [4.69, 9.17) is 20.1 Å². The van der Waals surface area contributed by atoms with Crippen LogP contribution in [0.2, 0.25) is 0 Å². The highest BCUT2D eigenvalue weighted by atomic mass is 16.5. The molecule has 0 rings (SSSR count). The molecule has 0 heterocycles. The summed E-state index contributed by atoms with van der Waals surface area (Å²) in [6, 6.07) is 0. The van der Waals surface area contributed by atoms with Crippen molar-refractivity contribution in [2.45, 2.75) is 13.0 Å². The third kappa shape index (κ3) is 24.5. The first-order valence-electron chi connectivity index (χ1n) is 4.15. The van der Waals surface area contributed by atoms with E-state index in [0.29, 0.717) is 19.8 Å². The van der Waals surface area contributed by atoms with E-state index in [1.165, 1.54) is 6.92 Å². The van der Waals surface area contributed by atoms with Gasteiger partial charge in [-0.3, -0.25) is 0 Å². The lowest BCUT2D eigenvalue weighted by atomic mass is 10.5. The highest BCUT2D eigenvalue weighted by molar-refractivity contribution is 4.34. The molecule has 0 saturated carbocycles. The lowest BCUT2D eigenvalue weighted by Crippen LogP contribution is -2.05. The van der Waals surface area contributed by atoms with Gasteiger partial charge in [-0.2, -0.15) is 0 Å². The van der Waals surface area contributed by atoms with Crippen LogP contribution in [-0.4, -0.2) is 61.6 Å². The van der Waals surface area contributed by atoms with Gasteiger partial charge < -0.3 is 24.8 Å². The Bertz CT molecular complexity index is 70.9. The summed E-state index contributed by atoms with van der Waals surface area (Å²) in [5, 5.41) is 24.2. The van der Waals surface area contributed by atoms with Gasteiger partial charge >= 0.3 is 0 Å². The fourth-order valence-corrected chi connectivity index (χ4v) is 0.309. The van der Waals surface area contributed by atoms with Gasteiger partial charge in [0.25, 0.3) is 0 Å². The number of hydrogen-bond acceptors (Lipinski definition) is 5. The molecule has 0 bridgehead atoms. The second-order valence-electron chi connectivity index (χ2n) is 2.36. The number of hydrogen-bond donors (Lipinski definition) is 3. The highest BCUT2D eigenvalue weighted by Crippen LogP contribution is 1.72. The van der Waals surface area contributed by atoms with E-state index in [0.717, 1.165) is 0 Å². The number of ether oxygens (including phenoxy) is 2. The normalized spacial score (nSPS) is 11.8. The summed E-state index contributed by atoms with van der Waals surface area (Å²) in [6.07, 6.45) is -0.560. The van der Waals surface area contributed by atoms with Crippen LogP contribution in [0.15, 0.2) is 0 Å². The Balaban J connectivity index is 0. The molecule has 82 valence electrons. The van der Waals surface area contributed by atoms with Crippen LogP contribution in [0.3, 0.4) is 0 Å². The van der Waals surface area contributed by atoms with Gasteiger partial charge in [0, 0.05) is 7.11 Å². The zero-order valence-electron chi connectivity index (χ0n) is 8.27. The van der Waals surface area contributed by atoms with E-state index in [-0.39, 0.29) is 13.2 Å². The number of aliphatic hydroxyl groups is 3. The minimum atomic E-state index is -0.560. The first-order valence-corrected chi connectivity index (χ1v) is 4.15. The Labute approximate surface area is 78.9 Å². The monoisotopic (exact) mass is 196 g/mol. The summed E-state index contributed by atoms with van der Waals surface area (Å²) in [6.45, 7) is 3.05. The Morgan fingerprint density at radius 3 is 2.00 bits per heavy atom. The van der Waals surface area contributed by atoms with E-state index < -0.39 is 6.10 Å². The molecule has 3 N–H and O–H groups in total. The highest BCUT2D eigenvalue weighted by Gasteiger charge is 1.83. The Kier molecular flexibility index (Phi) is 16.8. The number of rotatable bonds is 6. The standard InChI is InChI=1S/C5H12O3.C3H8O2/c1-7-4-5-8-3-2-6;1-3(5)2-4/h6H,2-5H2,1H3;3-5H,2H2,1H3. The van der Waals surface area contributed by atoms with Crippen LogP contribution in [0.1, 0.15) is 6.92 Å². The minimum Gasteiger partial charge on any atom is -0.394 e. The van der Waals surface area contributed by atoms with E-state index in [2.05, 4.69) is 4.74 Å². The van der Waals surface area contributed by atoms with E-state index in [9.17, 15) is 0 Å². The maximum Gasteiger partial charge on any atom is 0.0742 e. The molecule has 0 fully saturated rings. The van der Waals surface area contributed by atoms with Gasteiger partial charge in [-0.25, -0.2) is 0 Å². The molecule has 0 aromatic rings.